The van der Waals surface area contributed by atoms with Crippen LogP contribution in [0.25, 0.3) is 0 Å². The molecule has 1 aromatic heterocycles. The monoisotopic (exact) mass is 319 g/mol. The average molecular weight is 319 g/mol. The van der Waals surface area contributed by atoms with E-state index in [1.54, 1.807) is 25.1 Å². The van der Waals surface area contributed by atoms with Crippen molar-refractivity contribution in [2.75, 3.05) is 19.5 Å². The fourth-order valence-corrected chi connectivity index (χ4v) is 2.08. The first-order valence-electron chi connectivity index (χ1n) is 6.89. The highest BCUT2D eigenvalue weighted by atomic mass is 16.5. The van der Waals surface area contributed by atoms with Crippen molar-refractivity contribution in [1.82, 2.24) is 0 Å². The van der Waals surface area contributed by atoms with Gasteiger partial charge < -0.3 is 24.3 Å². The van der Waals surface area contributed by atoms with Crippen LogP contribution in [0.4, 0.5) is 5.69 Å². The molecule has 7 heteroatoms. The predicted molar refractivity (Wildman–Crippen MR) is 82.5 cm³/mol. The van der Waals surface area contributed by atoms with E-state index in [4.69, 9.17) is 19.0 Å². The smallest absolute Gasteiger partial charge is 0.339 e. The van der Waals surface area contributed by atoms with Gasteiger partial charge in [0.15, 0.2) is 5.76 Å². The zero-order chi connectivity index (χ0) is 17.0. The molecule has 1 amide bonds. The minimum atomic E-state index is -1.14. The number of carboxylic acid groups (broad SMARTS) is 1. The Morgan fingerprint density at radius 3 is 2.48 bits per heavy atom. The zero-order valence-electron chi connectivity index (χ0n) is 13.0. The van der Waals surface area contributed by atoms with Crippen molar-refractivity contribution in [3.63, 3.8) is 0 Å². The van der Waals surface area contributed by atoms with Gasteiger partial charge in [0.25, 0.3) is 5.91 Å². The number of anilines is 1. The third kappa shape index (κ3) is 3.45. The number of hydrogen-bond acceptors (Lipinski definition) is 5. The molecule has 0 aliphatic heterocycles. The Morgan fingerprint density at radius 1 is 1.22 bits per heavy atom. The number of furan rings is 1. The average Bonchev–Trinajstić information content (AvgIpc) is 2.99. The summed E-state index contributed by atoms with van der Waals surface area (Å²) in [6.07, 6.45) is 0.372. The van der Waals surface area contributed by atoms with Crippen molar-refractivity contribution in [3.8, 4) is 11.5 Å². The fourth-order valence-electron chi connectivity index (χ4n) is 2.08. The van der Waals surface area contributed by atoms with Crippen molar-refractivity contribution < 1.29 is 28.6 Å². The molecule has 7 nitrogen and oxygen atoms in total. The molecule has 0 bridgehead atoms. The molecule has 0 aliphatic rings. The van der Waals surface area contributed by atoms with Gasteiger partial charge in [-0.3, -0.25) is 4.79 Å². The number of amides is 1. The second-order valence-electron chi connectivity index (χ2n) is 4.63. The van der Waals surface area contributed by atoms with Crippen LogP contribution >= 0.6 is 0 Å². The number of aromatic carboxylic acids is 1. The molecule has 0 aliphatic carbocycles. The Labute approximate surface area is 132 Å². The fraction of sp³-hybridized carbons (Fsp3) is 0.250. The first-order chi connectivity index (χ1) is 11.0. The Kier molecular flexibility index (Phi) is 4.90. The number of ether oxygens (including phenoxy) is 2. The van der Waals surface area contributed by atoms with Crippen molar-refractivity contribution in [2.24, 2.45) is 0 Å². The molecule has 0 spiro atoms. The predicted octanol–water partition coefficient (Wildman–Crippen LogP) is 2.81. The van der Waals surface area contributed by atoms with Gasteiger partial charge in [-0.2, -0.15) is 0 Å². The molecule has 2 aromatic rings. The number of aryl methyl sites for hydroxylation is 1. The summed E-state index contributed by atoms with van der Waals surface area (Å²) < 4.78 is 15.6. The minimum Gasteiger partial charge on any atom is -0.497 e. The first-order valence-corrected chi connectivity index (χ1v) is 6.89. The lowest BCUT2D eigenvalue weighted by atomic mass is 10.2. The Balaban J connectivity index is 2.30. The Bertz CT molecular complexity index is 734. The second-order valence-corrected chi connectivity index (χ2v) is 4.63. The number of rotatable bonds is 6. The van der Waals surface area contributed by atoms with Crippen LogP contribution in [0, 0.1) is 0 Å². The molecule has 2 N–H and O–H groups in total. The zero-order valence-corrected chi connectivity index (χ0v) is 13.0. The first kappa shape index (κ1) is 16.4. The van der Waals surface area contributed by atoms with Crippen molar-refractivity contribution in [2.45, 2.75) is 13.3 Å². The Morgan fingerprint density at radius 2 is 1.96 bits per heavy atom. The maximum atomic E-state index is 12.3. The Hall–Kier alpha value is -2.96. The van der Waals surface area contributed by atoms with Crippen LogP contribution < -0.4 is 14.8 Å². The summed E-state index contributed by atoms with van der Waals surface area (Å²) in [7, 11) is 2.98. The summed E-state index contributed by atoms with van der Waals surface area (Å²) in [6, 6.07) is 6.15. The van der Waals surface area contributed by atoms with E-state index in [0.29, 0.717) is 23.6 Å². The van der Waals surface area contributed by atoms with E-state index in [2.05, 4.69) is 5.32 Å². The van der Waals surface area contributed by atoms with Gasteiger partial charge in [0, 0.05) is 18.6 Å². The number of hydrogen-bond donors (Lipinski definition) is 2. The summed E-state index contributed by atoms with van der Waals surface area (Å²) in [5.41, 5.74) is 0.374. The molecule has 1 aromatic carbocycles. The van der Waals surface area contributed by atoms with Gasteiger partial charge in [0.05, 0.1) is 19.9 Å². The molecular formula is C16H17NO6. The number of methoxy groups -OCH3 is 2. The summed E-state index contributed by atoms with van der Waals surface area (Å²) in [5.74, 6) is -0.548. The van der Waals surface area contributed by atoms with Crippen LogP contribution in [0.3, 0.4) is 0 Å². The lowest BCUT2D eigenvalue weighted by molar-refractivity contribution is 0.0694. The maximum absolute atomic E-state index is 12.3. The van der Waals surface area contributed by atoms with E-state index in [0.717, 1.165) is 0 Å². The van der Waals surface area contributed by atoms with Crippen LogP contribution in [0.1, 0.15) is 33.6 Å². The molecule has 0 saturated heterocycles. The quantitative estimate of drug-likeness (QED) is 0.849. The molecule has 0 unspecified atom stereocenters. The van der Waals surface area contributed by atoms with Gasteiger partial charge in [-0.05, 0) is 12.1 Å². The molecule has 122 valence electrons. The van der Waals surface area contributed by atoms with Crippen molar-refractivity contribution >= 4 is 17.6 Å². The summed E-state index contributed by atoms with van der Waals surface area (Å²) in [4.78, 5) is 23.4. The highest BCUT2D eigenvalue weighted by Crippen LogP contribution is 2.29. The van der Waals surface area contributed by atoms with Crippen LogP contribution in [0.5, 0.6) is 11.5 Å². The minimum absolute atomic E-state index is 0.0183. The van der Waals surface area contributed by atoms with Gasteiger partial charge >= 0.3 is 5.97 Å². The van der Waals surface area contributed by atoms with Crippen LogP contribution in [-0.4, -0.2) is 31.2 Å². The lowest BCUT2D eigenvalue weighted by Gasteiger charge is -2.10. The standard InChI is InChI=1S/C16H17NO6/c1-4-12-10(16(19)20)8-14(23-12)15(18)17-11-7-9(21-2)5-6-13(11)22-3/h5-8H,4H2,1-3H3,(H,17,18)(H,19,20). The van der Waals surface area contributed by atoms with Gasteiger partial charge in [0.1, 0.15) is 22.8 Å². The van der Waals surface area contributed by atoms with E-state index in [1.165, 1.54) is 20.3 Å². The van der Waals surface area contributed by atoms with E-state index >= 15 is 0 Å². The van der Waals surface area contributed by atoms with Gasteiger partial charge in [-0.1, -0.05) is 6.92 Å². The number of carbonyl (C=O) groups is 2. The topological polar surface area (TPSA) is 98.0 Å². The number of carboxylic acids is 1. The molecule has 0 atom stereocenters. The SMILES string of the molecule is CCc1oc(C(=O)Nc2cc(OC)ccc2OC)cc1C(=O)O. The molecule has 2 rings (SSSR count). The molecule has 0 fully saturated rings. The summed E-state index contributed by atoms with van der Waals surface area (Å²) in [6.45, 7) is 1.75. The highest BCUT2D eigenvalue weighted by molar-refractivity contribution is 6.04. The number of benzene rings is 1. The van der Waals surface area contributed by atoms with E-state index in [1.807, 2.05) is 0 Å². The van der Waals surface area contributed by atoms with Crippen molar-refractivity contribution in [3.05, 3.63) is 41.3 Å². The summed E-state index contributed by atoms with van der Waals surface area (Å²) in [5, 5.41) is 11.7. The highest BCUT2D eigenvalue weighted by Gasteiger charge is 2.21. The second kappa shape index (κ2) is 6.87. The summed E-state index contributed by atoms with van der Waals surface area (Å²) >= 11 is 0. The van der Waals surface area contributed by atoms with Crippen LogP contribution in [0.15, 0.2) is 28.7 Å². The molecular weight excluding hydrogens is 302 g/mol. The molecule has 23 heavy (non-hydrogen) atoms. The van der Waals surface area contributed by atoms with Gasteiger partial charge in [0.2, 0.25) is 0 Å². The van der Waals surface area contributed by atoms with Gasteiger partial charge in [-0.25, -0.2) is 4.79 Å². The number of nitrogens with one attached hydrogen (secondary N) is 1. The van der Waals surface area contributed by atoms with Crippen molar-refractivity contribution in [1.29, 1.82) is 0 Å². The third-order valence-electron chi connectivity index (χ3n) is 3.24. The normalized spacial score (nSPS) is 10.2. The van der Waals surface area contributed by atoms with Crippen LogP contribution in [-0.2, 0) is 6.42 Å². The largest absolute Gasteiger partial charge is 0.497 e. The number of carbonyl (C=O) groups excluding carboxylic acids is 1. The van der Waals surface area contributed by atoms with E-state index in [-0.39, 0.29) is 17.1 Å². The third-order valence-corrected chi connectivity index (χ3v) is 3.24. The van der Waals surface area contributed by atoms with Crippen LogP contribution in [0.2, 0.25) is 0 Å². The maximum Gasteiger partial charge on any atom is 0.339 e. The lowest BCUT2D eigenvalue weighted by Crippen LogP contribution is -2.12. The van der Waals surface area contributed by atoms with E-state index < -0.39 is 11.9 Å². The molecule has 0 radical (unpaired) electrons. The van der Waals surface area contributed by atoms with E-state index in [9.17, 15) is 9.59 Å². The molecule has 0 saturated carbocycles. The molecule has 1 heterocycles. The van der Waals surface area contributed by atoms with Gasteiger partial charge in [-0.15, -0.1) is 0 Å².